The maximum Gasteiger partial charge on any atom is 0.311 e. The van der Waals surface area contributed by atoms with Crippen molar-refractivity contribution in [1.82, 2.24) is 4.98 Å². The Morgan fingerprint density at radius 2 is 2.07 bits per heavy atom. The minimum absolute atomic E-state index is 0.115. The fourth-order valence-electron chi connectivity index (χ4n) is 2.33. The van der Waals surface area contributed by atoms with E-state index in [0.29, 0.717) is 10.7 Å². The molecule has 0 unspecified atom stereocenters. The first-order valence-electron chi connectivity index (χ1n) is 7.82. The molecule has 0 atom stereocenters. The zero-order valence-corrected chi connectivity index (χ0v) is 15.4. The van der Waals surface area contributed by atoms with Crippen molar-refractivity contribution in [2.45, 2.75) is 0 Å². The van der Waals surface area contributed by atoms with Crippen LogP contribution in [0.4, 0.5) is 10.8 Å². The summed E-state index contributed by atoms with van der Waals surface area (Å²) in [6, 6.07) is 12.2. The molecule has 0 bridgehead atoms. The number of aromatic nitrogens is 1. The average Bonchev–Trinajstić information content (AvgIpc) is 3.17. The summed E-state index contributed by atoms with van der Waals surface area (Å²) in [7, 11) is 3.01. The van der Waals surface area contributed by atoms with Crippen molar-refractivity contribution in [3.63, 3.8) is 0 Å². The largest absolute Gasteiger partial charge is 0.497 e. The van der Waals surface area contributed by atoms with Crippen LogP contribution in [0.5, 0.6) is 11.5 Å². The highest BCUT2D eigenvalue weighted by atomic mass is 32.1. The number of hydrogen-bond acceptors (Lipinski definition) is 8. The number of hydrogen-bond donors (Lipinski definition) is 1. The topological polar surface area (TPSA) is 98.9 Å². The molecule has 1 heterocycles. The molecule has 0 aliphatic rings. The molecule has 138 valence electrons. The number of anilines is 1. The number of ether oxygens (including phenoxy) is 2. The molecule has 0 fully saturated rings. The van der Waals surface area contributed by atoms with Gasteiger partial charge in [-0.3, -0.25) is 15.5 Å². The highest BCUT2D eigenvalue weighted by Crippen LogP contribution is 2.28. The molecule has 0 amide bonds. The third-order valence-electron chi connectivity index (χ3n) is 3.64. The van der Waals surface area contributed by atoms with Crippen molar-refractivity contribution in [3.8, 4) is 22.8 Å². The van der Waals surface area contributed by atoms with Crippen molar-refractivity contribution >= 4 is 28.4 Å². The van der Waals surface area contributed by atoms with E-state index in [9.17, 15) is 10.1 Å². The van der Waals surface area contributed by atoms with Crippen molar-refractivity contribution in [3.05, 3.63) is 63.5 Å². The Bertz CT molecular complexity index is 987. The highest BCUT2D eigenvalue weighted by Gasteiger charge is 2.14. The monoisotopic (exact) mass is 384 g/mol. The number of thiazole rings is 1. The molecule has 0 saturated heterocycles. The minimum Gasteiger partial charge on any atom is -0.497 e. The van der Waals surface area contributed by atoms with E-state index in [1.807, 2.05) is 29.6 Å². The molecule has 3 aromatic rings. The van der Waals surface area contributed by atoms with Crippen LogP contribution >= 0.6 is 11.3 Å². The summed E-state index contributed by atoms with van der Waals surface area (Å²) < 4.78 is 10.2. The second kappa shape index (κ2) is 8.28. The second-order valence-electron chi connectivity index (χ2n) is 5.33. The van der Waals surface area contributed by atoms with Crippen molar-refractivity contribution in [2.24, 2.45) is 5.10 Å². The molecule has 9 heteroatoms. The first-order valence-corrected chi connectivity index (χ1v) is 8.70. The predicted octanol–water partition coefficient (Wildman–Crippen LogP) is 4.18. The third kappa shape index (κ3) is 4.39. The van der Waals surface area contributed by atoms with Gasteiger partial charge in [-0.05, 0) is 24.3 Å². The van der Waals surface area contributed by atoms with Gasteiger partial charge in [0.2, 0.25) is 5.13 Å². The van der Waals surface area contributed by atoms with Gasteiger partial charge in [0.05, 0.1) is 31.1 Å². The molecule has 27 heavy (non-hydrogen) atoms. The number of nitro groups is 1. The van der Waals surface area contributed by atoms with Crippen molar-refractivity contribution in [2.75, 3.05) is 19.6 Å². The smallest absolute Gasteiger partial charge is 0.311 e. The summed E-state index contributed by atoms with van der Waals surface area (Å²) >= 11 is 1.40. The molecule has 0 spiro atoms. The number of nitrogens with zero attached hydrogens (tertiary/aromatic N) is 3. The molecule has 1 N–H and O–H groups in total. The first kappa shape index (κ1) is 18.3. The molecule has 2 aromatic carbocycles. The van der Waals surface area contributed by atoms with Crippen LogP contribution in [-0.2, 0) is 0 Å². The van der Waals surface area contributed by atoms with Gasteiger partial charge in [0.25, 0.3) is 0 Å². The van der Waals surface area contributed by atoms with Gasteiger partial charge in [-0.2, -0.15) is 5.10 Å². The van der Waals surface area contributed by atoms with E-state index in [0.717, 1.165) is 17.0 Å². The van der Waals surface area contributed by atoms with Gasteiger partial charge in [-0.15, -0.1) is 11.3 Å². The number of methoxy groups -OCH3 is 2. The Morgan fingerprint density at radius 1 is 1.22 bits per heavy atom. The maximum absolute atomic E-state index is 11.1. The number of benzene rings is 2. The predicted molar refractivity (Wildman–Crippen MR) is 105 cm³/mol. The van der Waals surface area contributed by atoms with Gasteiger partial charge >= 0.3 is 5.69 Å². The summed E-state index contributed by atoms with van der Waals surface area (Å²) in [5.41, 5.74) is 5.03. The van der Waals surface area contributed by atoms with E-state index < -0.39 is 4.92 Å². The van der Waals surface area contributed by atoms with Gasteiger partial charge in [0, 0.05) is 22.6 Å². The van der Waals surface area contributed by atoms with E-state index in [2.05, 4.69) is 15.5 Å². The van der Waals surface area contributed by atoms with Crippen molar-refractivity contribution in [1.29, 1.82) is 0 Å². The van der Waals surface area contributed by atoms with E-state index in [1.54, 1.807) is 13.2 Å². The molecule has 0 aliphatic carbocycles. The lowest BCUT2D eigenvalue weighted by Gasteiger charge is -2.02. The standard InChI is InChI=1S/C18H16N4O4S/c1-25-14-5-3-4-13(9-14)15-11-27-18(20-15)21-19-10-12-6-7-17(26-2)16(8-12)22(23)24/h3-11H,1-2H3,(H,20,21)/b19-10-. The maximum atomic E-state index is 11.1. The van der Waals surface area contributed by atoms with Crippen LogP contribution in [-0.4, -0.2) is 30.3 Å². The molecular weight excluding hydrogens is 368 g/mol. The van der Waals surface area contributed by atoms with E-state index in [1.165, 1.54) is 36.8 Å². The molecular formula is C18H16N4O4S. The minimum atomic E-state index is -0.495. The van der Waals surface area contributed by atoms with Crippen LogP contribution in [0.2, 0.25) is 0 Å². The van der Waals surface area contributed by atoms with Gasteiger partial charge in [0.15, 0.2) is 5.75 Å². The Labute approximate surface area is 159 Å². The van der Waals surface area contributed by atoms with Crippen LogP contribution in [0, 0.1) is 10.1 Å². The lowest BCUT2D eigenvalue weighted by atomic mass is 10.2. The number of nitrogens with one attached hydrogen (secondary N) is 1. The summed E-state index contributed by atoms with van der Waals surface area (Å²) in [6.07, 6.45) is 1.49. The third-order valence-corrected chi connectivity index (χ3v) is 4.39. The van der Waals surface area contributed by atoms with E-state index >= 15 is 0 Å². The number of hydrazone groups is 1. The van der Waals surface area contributed by atoms with E-state index in [-0.39, 0.29) is 11.4 Å². The Morgan fingerprint density at radius 3 is 2.81 bits per heavy atom. The molecule has 0 saturated carbocycles. The summed E-state index contributed by atoms with van der Waals surface area (Å²) in [6.45, 7) is 0. The summed E-state index contributed by atoms with van der Waals surface area (Å²) in [5, 5.41) is 17.7. The summed E-state index contributed by atoms with van der Waals surface area (Å²) in [4.78, 5) is 15.0. The molecule has 1 aromatic heterocycles. The second-order valence-corrected chi connectivity index (χ2v) is 6.19. The Hall–Kier alpha value is -3.46. The fourth-order valence-corrected chi connectivity index (χ4v) is 3.00. The van der Waals surface area contributed by atoms with Gasteiger partial charge < -0.3 is 9.47 Å². The number of rotatable bonds is 7. The zero-order chi connectivity index (χ0) is 19.2. The first-order chi connectivity index (χ1) is 13.1. The number of nitro benzene ring substituents is 1. The zero-order valence-electron chi connectivity index (χ0n) is 14.6. The van der Waals surface area contributed by atoms with Crippen LogP contribution in [0.1, 0.15) is 5.56 Å². The van der Waals surface area contributed by atoms with E-state index in [4.69, 9.17) is 9.47 Å². The highest BCUT2D eigenvalue weighted by molar-refractivity contribution is 7.14. The van der Waals surface area contributed by atoms with Gasteiger partial charge in [-0.1, -0.05) is 12.1 Å². The Balaban J connectivity index is 1.71. The quantitative estimate of drug-likeness (QED) is 0.373. The fraction of sp³-hybridized carbons (Fsp3) is 0.111. The average molecular weight is 384 g/mol. The lowest BCUT2D eigenvalue weighted by molar-refractivity contribution is -0.385. The van der Waals surface area contributed by atoms with Gasteiger partial charge in [0.1, 0.15) is 5.75 Å². The van der Waals surface area contributed by atoms with Crippen molar-refractivity contribution < 1.29 is 14.4 Å². The lowest BCUT2D eigenvalue weighted by Crippen LogP contribution is -1.96. The molecule has 0 radical (unpaired) electrons. The van der Waals surface area contributed by atoms with Crippen LogP contribution < -0.4 is 14.9 Å². The van der Waals surface area contributed by atoms with Crippen LogP contribution in [0.3, 0.4) is 0 Å². The van der Waals surface area contributed by atoms with Crippen LogP contribution in [0.25, 0.3) is 11.3 Å². The van der Waals surface area contributed by atoms with Crippen LogP contribution in [0.15, 0.2) is 52.9 Å². The molecule has 3 rings (SSSR count). The summed E-state index contributed by atoms with van der Waals surface area (Å²) in [5.74, 6) is 0.960. The Kier molecular flexibility index (Phi) is 5.62. The molecule has 0 aliphatic heterocycles. The van der Waals surface area contributed by atoms with Gasteiger partial charge in [-0.25, -0.2) is 4.98 Å². The SMILES string of the molecule is COc1cccc(-c2csc(N/N=C\c3ccc(OC)c([N+](=O)[O-])c3)n2)c1. The molecule has 8 nitrogen and oxygen atoms in total. The normalized spacial score (nSPS) is 10.7.